The molecule has 0 saturated heterocycles. The summed E-state index contributed by atoms with van der Waals surface area (Å²) >= 11 is 0. The summed E-state index contributed by atoms with van der Waals surface area (Å²) in [5, 5.41) is 0.825. The van der Waals surface area contributed by atoms with E-state index in [1.165, 1.54) is 22.3 Å². The Hall–Kier alpha value is -5.43. The van der Waals surface area contributed by atoms with Crippen LogP contribution < -0.4 is 9.80 Å². The third kappa shape index (κ3) is 5.32. The molecule has 0 radical (unpaired) electrons. The highest BCUT2D eigenvalue weighted by Crippen LogP contribution is 2.53. The molecule has 0 unspecified atom stereocenters. The second-order valence-electron chi connectivity index (χ2n) is 14.4. The van der Waals surface area contributed by atoms with Crippen LogP contribution in [0.1, 0.15) is 122 Å². The number of benzene rings is 3. The van der Waals surface area contributed by atoms with Crippen molar-refractivity contribution >= 4 is 45.5 Å². The number of allylic oxidation sites excluding steroid dienone is 3. The first-order chi connectivity index (χ1) is 24.0. The van der Waals surface area contributed by atoms with Crippen LogP contribution in [0.5, 0.6) is 0 Å². The van der Waals surface area contributed by atoms with Crippen molar-refractivity contribution in [3.63, 3.8) is 0 Å². The first kappa shape index (κ1) is 33.1. The Labute approximate surface area is 294 Å². The zero-order valence-corrected chi connectivity index (χ0v) is 30.0. The average Bonchev–Trinajstić information content (AvgIpc) is 3.54. The Bertz CT molecular complexity index is 2040. The molecule has 7 rings (SSSR count). The molecule has 0 fully saturated rings. The monoisotopic (exact) mass is 661 g/mol. The van der Waals surface area contributed by atoms with Gasteiger partial charge in [0.1, 0.15) is 11.5 Å². The lowest BCUT2D eigenvalue weighted by Gasteiger charge is -2.32. The average molecular weight is 662 g/mol. The Kier molecular flexibility index (Phi) is 8.46. The van der Waals surface area contributed by atoms with Crippen LogP contribution in [0.25, 0.3) is 10.9 Å². The summed E-state index contributed by atoms with van der Waals surface area (Å²) in [7, 11) is 0. The molecule has 7 nitrogen and oxygen atoms in total. The number of anilines is 4. The van der Waals surface area contributed by atoms with Crippen LogP contribution in [0.3, 0.4) is 0 Å². The van der Waals surface area contributed by atoms with Gasteiger partial charge in [-0.2, -0.15) is 0 Å². The number of para-hydroxylation sites is 3. The Morgan fingerprint density at radius 1 is 0.580 bits per heavy atom. The van der Waals surface area contributed by atoms with E-state index >= 15 is 0 Å². The molecular weight excluding hydrogens is 619 g/mol. The lowest BCUT2D eigenvalue weighted by atomic mass is 9.91. The first-order valence-electron chi connectivity index (χ1n) is 17.6. The number of carbonyl (C=O) groups is 2. The number of nitrogens with zero attached hydrogens (tertiary/aromatic N) is 5. The smallest absolute Gasteiger partial charge is 0.216 e. The largest absolute Gasteiger partial charge is 0.288 e. The summed E-state index contributed by atoms with van der Waals surface area (Å²) in [5.41, 5.74) is 8.09. The second-order valence-corrected chi connectivity index (χ2v) is 14.4. The number of hydrogen-bond acceptors (Lipinski definition) is 7. The molecule has 0 bridgehead atoms. The summed E-state index contributed by atoms with van der Waals surface area (Å²) < 4.78 is 0. The van der Waals surface area contributed by atoms with Gasteiger partial charge >= 0.3 is 0 Å². The highest BCUT2D eigenvalue weighted by Gasteiger charge is 2.41. The maximum atomic E-state index is 13.9. The molecule has 1 aliphatic carbocycles. The van der Waals surface area contributed by atoms with E-state index < -0.39 is 0 Å². The van der Waals surface area contributed by atoms with Crippen molar-refractivity contribution in [3.8, 4) is 0 Å². The van der Waals surface area contributed by atoms with Crippen LogP contribution in [0.4, 0.5) is 23.0 Å². The number of fused-ring (bicyclic) bond motifs is 3. The van der Waals surface area contributed by atoms with Crippen LogP contribution >= 0.6 is 0 Å². The SMILES string of the molecule is CC(C)c1cccc(C(C)C)c1N1C(=C/C=C2/C(=O)c3cc4ccccc4nc3C2=O)N(c2c(C(C)C)cccc2C(C)C)c2nccnc21. The van der Waals surface area contributed by atoms with Crippen molar-refractivity contribution in [2.75, 3.05) is 9.80 Å². The zero-order valence-electron chi connectivity index (χ0n) is 30.0. The van der Waals surface area contributed by atoms with E-state index in [1.54, 1.807) is 24.5 Å². The fraction of sp³-hybridized carbons (Fsp3) is 0.279. The molecule has 0 atom stereocenters. The summed E-state index contributed by atoms with van der Waals surface area (Å²) in [6.45, 7) is 17.6. The third-order valence-corrected chi connectivity index (χ3v) is 9.75. The predicted octanol–water partition coefficient (Wildman–Crippen LogP) is 10.7. The number of Topliss-reactive ketones (excluding diaryl/α,β-unsaturated/α-hetero) is 2. The van der Waals surface area contributed by atoms with Gasteiger partial charge in [0.25, 0.3) is 0 Å². The van der Waals surface area contributed by atoms with Gasteiger partial charge in [0, 0.05) is 17.8 Å². The van der Waals surface area contributed by atoms with Crippen molar-refractivity contribution in [1.82, 2.24) is 15.0 Å². The molecule has 0 N–H and O–H groups in total. The molecule has 2 aliphatic rings. The van der Waals surface area contributed by atoms with E-state index in [4.69, 9.17) is 9.97 Å². The van der Waals surface area contributed by atoms with Gasteiger partial charge in [-0.15, -0.1) is 0 Å². The lowest BCUT2D eigenvalue weighted by Crippen LogP contribution is -2.26. The Morgan fingerprint density at radius 2 is 1.06 bits per heavy atom. The van der Waals surface area contributed by atoms with E-state index in [9.17, 15) is 9.59 Å². The summed E-state index contributed by atoms with van der Waals surface area (Å²) in [6.07, 6.45) is 7.04. The minimum atomic E-state index is -0.367. The Morgan fingerprint density at radius 3 is 1.54 bits per heavy atom. The van der Waals surface area contributed by atoms with Crippen LogP contribution in [0.2, 0.25) is 0 Å². The maximum absolute atomic E-state index is 13.9. The second kappa shape index (κ2) is 12.8. The van der Waals surface area contributed by atoms with Crippen LogP contribution in [-0.4, -0.2) is 26.5 Å². The predicted molar refractivity (Wildman–Crippen MR) is 202 cm³/mol. The number of hydrogen-bond donors (Lipinski definition) is 0. The van der Waals surface area contributed by atoms with Gasteiger partial charge in [-0.05, 0) is 70.2 Å². The normalized spacial score (nSPS) is 15.1. The molecule has 3 aromatic carbocycles. The minimum Gasteiger partial charge on any atom is -0.288 e. The van der Waals surface area contributed by atoms with Gasteiger partial charge in [0.15, 0.2) is 17.4 Å². The van der Waals surface area contributed by atoms with Crippen molar-refractivity contribution < 1.29 is 9.59 Å². The van der Waals surface area contributed by atoms with E-state index in [0.29, 0.717) is 22.7 Å². The number of rotatable bonds is 7. The van der Waals surface area contributed by atoms with Crippen LogP contribution in [-0.2, 0) is 0 Å². The summed E-state index contributed by atoms with van der Waals surface area (Å²) in [5.74, 6) is 2.28. The molecule has 0 spiro atoms. The number of pyridine rings is 1. The zero-order chi connectivity index (χ0) is 35.4. The number of carbonyl (C=O) groups excluding carboxylic acids is 2. The fourth-order valence-electron chi connectivity index (χ4n) is 7.23. The molecule has 0 amide bonds. The molecule has 7 heteroatoms. The van der Waals surface area contributed by atoms with E-state index in [1.807, 2.05) is 30.3 Å². The van der Waals surface area contributed by atoms with Crippen molar-refractivity contribution in [2.24, 2.45) is 0 Å². The lowest BCUT2D eigenvalue weighted by molar-refractivity contribution is 0.0987. The molecule has 5 aromatic rings. The first-order valence-corrected chi connectivity index (χ1v) is 17.6. The minimum absolute atomic E-state index is 0.0922. The van der Waals surface area contributed by atoms with Gasteiger partial charge in [-0.1, -0.05) is 110 Å². The molecule has 50 heavy (non-hydrogen) atoms. The molecular formula is C43H43N5O2. The molecule has 1 aliphatic heterocycles. The van der Waals surface area contributed by atoms with E-state index in [0.717, 1.165) is 22.6 Å². The van der Waals surface area contributed by atoms with Crippen LogP contribution in [0, 0.1) is 0 Å². The summed E-state index contributed by atoms with van der Waals surface area (Å²) in [4.78, 5) is 46.8. The van der Waals surface area contributed by atoms with Gasteiger partial charge in [-0.25, -0.2) is 15.0 Å². The molecule has 2 aromatic heterocycles. The molecule has 0 saturated carbocycles. The van der Waals surface area contributed by atoms with Crippen molar-refractivity contribution in [1.29, 1.82) is 0 Å². The third-order valence-electron chi connectivity index (χ3n) is 9.75. The standard InChI is InChI=1S/C43H43N5O2/c1-24(2)29-14-11-15-30(25(3)4)38(29)47-36(20-19-33-40(49)34-23-28-13-9-10-18-35(28)46-37(34)41(33)50)48(43-42(47)44-21-22-45-43)39-31(26(5)6)16-12-17-32(39)27(7)8/h9-27H,1-8H3/b33-19-. The molecule has 3 heterocycles. The highest BCUT2D eigenvalue weighted by atomic mass is 16.2. The topological polar surface area (TPSA) is 79.3 Å². The van der Waals surface area contributed by atoms with Crippen molar-refractivity contribution in [3.05, 3.63) is 136 Å². The number of aromatic nitrogens is 3. The number of ketones is 2. The van der Waals surface area contributed by atoms with Crippen molar-refractivity contribution in [2.45, 2.75) is 79.1 Å². The van der Waals surface area contributed by atoms with Gasteiger partial charge in [0.05, 0.1) is 28.0 Å². The maximum Gasteiger partial charge on any atom is 0.216 e. The highest BCUT2D eigenvalue weighted by molar-refractivity contribution is 6.39. The Balaban J connectivity index is 1.53. The summed E-state index contributed by atoms with van der Waals surface area (Å²) in [6, 6.07) is 22.3. The van der Waals surface area contributed by atoms with Crippen LogP contribution in [0.15, 0.2) is 103 Å². The van der Waals surface area contributed by atoms with E-state index in [-0.39, 0.29) is 46.5 Å². The van der Waals surface area contributed by atoms with E-state index in [2.05, 4.69) is 107 Å². The fourth-order valence-corrected chi connectivity index (χ4v) is 7.23. The van der Waals surface area contributed by atoms with Gasteiger partial charge in [0.2, 0.25) is 5.78 Å². The van der Waals surface area contributed by atoms with Gasteiger partial charge < -0.3 is 0 Å². The van der Waals surface area contributed by atoms with Gasteiger partial charge in [-0.3, -0.25) is 19.4 Å². The quantitative estimate of drug-likeness (QED) is 0.127. The molecule has 252 valence electrons.